The van der Waals surface area contributed by atoms with Crippen molar-refractivity contribution >= 4 is 29.1 Å². The molecule has 0 spiro atoms. The Hall–Kier alpha value is -1.80. The average Bonchev–Trinajstić information content (AvgIpc) is 2.30. The first-order valence-electron chi connectivity index (χ1n) is 4.27. The highest BCUT2D eigenvalue weighted by Crippen LogP contribution is 2.34. The third kappa shape index (κ3) is 2.66. The zero-order valence-electron chi connectivity index (χ0n) is 8.15. The second kappa shape index (κ2) is 5.02. The highest BCUT2D eigenvalue weighted by Gasteiger charge is 2.22. The van der Waals surface area contributed by atoms with Crippen LogP contribution < -0.4 is 0 Å². The monoisotopic (exact) mass is 269 g/mol. The minimum Gasteiger partial charge on any atom is -0.260 e. The predicted molar refractivity (Wildman–Crippen MR) is 59.9 cm³/mol. The Morgan fingerprint density at radius 2 is 2.12 bits per heavy atom. The molecule has 2 aromatic rings. The first kappa shape index (κ1) is 11.7. The Morgan fingerprint density at radius 1 is 1.29 bits per heavy atom. The number of hydrogen-bond donors (Lipinski definition) is 0. The first-order chi connectivity index (χ1) is 8.18. The van der Waals surface area contributed by atoms with E-state index < -0.39 is 4.92 Å². The Kier molecular flexibility index (Phi) is 3.45. The summed E-state index contributed by atoms with van der Waals surface area (Å²) in [6.45, 7) is 0. The van der Waals surface area contributed by atoms with E-state index in [0.717, 1.165) is 18.1 Å². The van der Waals surface area contributed by atoms with E-state index in [2.05, 4.69) is 19.9 Å². The molecule has 0 saturated heterocycles. The van der Waals surface area contributed by atoms with Gasteiger partial charge in [-0.3, -0.25) is 15.1 Å². The van der Waals surface area contributed by atoms with Gasteiger partial charge in [-0.15, -0.1) is 0 Å². The summed E-state index contributed by atoms with van der Waals surface area (Å²) in [4.78, 5) is 25.4. The molecular formula is C8H4ClN5O2S. The molecule has 0 aliphatic rings. The van der Waals surface area contributed by atoms with Crippen LogP contribution in [0.1, 0.15) is 0 Å². The maximum Gasteiger partial charge on any atom is 0.338 e. The zero-order chi connectivity index (χ0) is 12.3. The van der Waals surface area contributed by atoms with E-state index in [1.807, 2.05) is 0 Å². The molecule has 0 saturated carbocycles. The molecule has 0 unspecified atom stereocenters. The third-order valence-corrected chi connectivity index (χ3v) is 2.86. The average molecular weight is 270 g/mol. The lowest BCUT2D eigenvalue weighted by Crippen LogP contribution is -1.96. The van der Waals surface area contributed by atoms with Crippen molar-refractivity contribution < 1.29 is 4.92 Å². The number of nitrogens with zero attached hydrogens (tertiary/aromatic N) is 5. The van der Waals surface area contributed by atoms with Crippen LogP contribution in [0.2, 0.25) is 5.15 Å². The molecule has 0 fully saturated rings. The van der Waals surface area contributed by atoms with Gasteiger partial charge in [0.2, 0.25) is 5.15 Å². The molecule has 9 heteroatoms. The quantitative estimate of drug-likeness (QED) is 0.477. The zero-order valence-corrected chi connectivity index (χ0v) is 9.72. The summed E-state index contributed by atoms with van der Waals surface area (Å²) in [5.74, 6) is 0. The number of hydrogen-bond acceptors (Lipinski definition) is 7. The van der Waals surface area contributed by atoms with E-state index in [1.165, 1.54) is 18.6 Å². The maximum absolute atomic E-state index is 10.8. The van der Waals surface area contributed by atoms with E-state index in [1.54, 1.807) is 0 Å². The number of nitro groups is 1. The highest BCUT2D eigenvalue weighted by atomic mass is 35.5. The van der Waals surface area contributed by atoms with E-state index in [4.69, 9.17) is 11.6 Å². The van der Waals surface area contributed by atoms with Gasteiger partial charge in [-0.2, -0.15) is 0 Å². The van der Waals surface area contributed by atoms with Crippen LogP contribution in [0.25, 0.3) is 0 Å². The molecule has 0 aliphatic carbocycles. The van der Waals surface area contributed by atoms with Crippen LogP contribution in [0.5, 0.6) is 0 Å². The van der Waals surface area contributed by atoms with E-state index in [9.17, 15) is 10.1 Å². The van der Waals surface area contributed by atoms with Crippen molar-refractivity contribution in [3.8, 4) is 0 Å². The SMILES string of the molecule is O=[N+]([O-])c1c(Cl)ncnc1Sc1cnccn1. The predicted octanol–water partition coefficient (Wildman–Crippen LogP) is 1.98. The van der Waals surface area contributed by atoms with E-state index >= 15 is 0 Å². The van der Waals surface area contributed by atoms with Crippen molar-refractivity contribution in [3.63, 3.8) is 0 Å². The number of halogens is 1. The van der Waals surface area contributed by atoms with Crippen LogP contribution in [-0.2, 0) is 0 Å². The van der Waals surface area contributed by atoms with Gasteiger partial charge in [0, 0.05) is 12.4 Å². The van der Waals surface area contributed by atoms with Crippen molar-refractivity contribution in [3.05, 3.63) is 40.2 Å². The van der Waals surface area contributed by atoms with Gasteiger partial charge < -0.3 is 0 Å². The molecule has 0 amide bonds. The molecule has 0 aromatic carbocycles. The summed E-state index contributed by atoms with van der Waals surface area (Å²) in [5, 5.41) is 11.3. The number of rotatable bonds is 3. The highest BCUT2D eigenvalue weighted by molar-refractivity contribution is 7.99. The van der Waals surface area contributed by atoms with Gasteiger partial charge in [0.15, 0.2) is 5.03 Å². The van der Waals surface area contributed by atoms with E-state index in [-0.39, 0.29) is 15.9 Å². The van der Waals surface area contributed by atoms with E-state index in [0.29, 0.717) is 5.03 Å². The largest absolute Gasteiger partial charge is 0.338 e. The molecular weight excluding hydrogens is 266 g/mol. The smallest absolute Gasteiger partial charge is 0.260 e. The first-order valence-corrected chi connectivity index (χ1v) is 5.46. The Labute approximate surface area is 104 Å². The maximum atomic E-state index is 10.8. The Bertz CT molecular complexity index is 553. The second-order valence-electron chi connectivity index (χ2n) is 2.72. The van der Waals surface area contributed by atoms with Crippen molar-refractivity contribution in [1.82, 2.24) is 19.9 Å². The van der Waals surface area contributed by atoms with Crippen molar-refractivity contribution in [1.29, 1.82) is 0 Å². The normalized spacial score (nSPS) is 10.2. The van der Waals surface area contributed by atoms with Crippen LogP contribution in [0.3, 0.4) is 0 Å². The van der Waals surface area contributed by atoms with Gasteiger partial charge in [0.1, 0.15) is 11.4 Å². The molecule has 0 N–H and O–H groups in total. The van der Waals surface area contributed by atoms with Crippen molar-refractivity contribution in [2.45, 2.75) is 10.1 Å². The summed E-state index contributed by atoms with van der Waals surface area (Å²) in [6.07, 6.45) is 5.63. The van der Waals surface area contributed by atoms with Crippen LogP contribution in [0, 0.1) is 10.1 Å². The standard InChI is InChI=1S/C8H4ClN5O2S/c9-7-6(14(15)16)8(13-4-12-7)17-5-3-10-1-2-11-5/h1-4H. The van der Waals surface area contributed by atoms with Gasteiger partial charge in [0.25, 0.3) is 0 Å². The van der Waals surface area contributed by atoms with Crippen molar-refractivity contribution in [2.24, 2.45) is 0 Å². The Balaban J connectivity index is 2.40. The minimum atomic E-state index is -0.624. The summed E-state index contributed by atoms with van der Waals surface area (Å²) in [6, 6.07) is 0. The summed E-state index contributed by atoms with van der Waals surface area (Å²) in [5.41, 5.74) is -0.329. The topological polar surface area (TPSA) is 94.7 Å². The van der Waals surface area contributed by atoms with Crippen LogP contribution in [0.4, 0.5) is 5.69 Å². The molecule has 0 aliphatic heterocycles. The lowest BCUT2D eigenvalue weighted by atomic mass is 10.5. The molecule has 17 heavy (non-hydrogen) atoms. The summed E-state index contributed by atoms with van der Waals surface area (Å²) < 4.78 is 0. The van der Waals surface area contributed by atoms with Crippen molar-refractivity contribution in [2.75, 3.05) is 0 Å². The van der Waals surface area contributed by atoms with Gasteiger partial charge in [-0.25, -0.2) is 15.0 Å². The van der Waals surface area contributed by atoms with Crippen LogP contribution >= 0.6 is 23.4 Å². The molecule has 0 bridgehead atoms. The fraction of sp³-hybridized carbons (Fsp3) is 0. The second-order valence-corrected chi connectivity index (χ2v) is 4.09. The molecule has 86 valence electrons. The summed E-state index contributed by atoms with van der Waals surface area (Å²) >= 11 is 6.65. The van der Waals surface area contributed by atoms with Crippen LogP contribution in [0.15, 0.2) is 35.0 Å². The Morgan fingerprint density at radius 3 is 2.76 bits per heavy atom. The van der Waals surface area contributed by atoms with Gasteiger partial charge in [-0.05, 0) is 11.8 Å². The van der Waals surface area contributed by atoms with Gasteiger partial charge in [-0.1, -0.05) is 11.6 Å². The molecule has 7 nitrogen and oxygen atoms in total. The minimum absolute atomic E-state index is 0.135. The lowest BCUT2D eigenvalue weighted by molar-refractivity contribution is -0.388. The lowest BCUT2D eigenvalue weighted by Gasteiger charge is -2.00. The fourth-order valence-electron chi connectivity index (χ4n) is 1.01. The molecule has 2 rings (SSSR count). The fourth-order valence-corrected chi connectivity index (χ4v) is 2.06. The molecule has 2 aromatic heterocycles. The van der Waals surface area contributed by atoms with Crippen LogP contribution in [-0.4, -0.2) is 24.9 Å². The molecule has 2 heterocycles. The third-order valence-electron chi connectivity index (χ3n) is 1.67. The number of aromatic nitrogens is 4. The summed E-state index contributed by atoms with van der Waals surface area (Å²) in [7, 11) is 0. The van der Waals surface area contributed by atoms with Gasteiger partial charge in [0.05, 0.1) is 11.1 Å². The molecule has 0 radical (unpaired) electrons. The molecule has 0 atom stereocenters. The van der Waals surface area contributed by atoms with Gasteiger partial charge >= 0.3 is 5.69 Å².